The van der Waals surface area contributed by atoms with Gasteiger partial charge in [0.2, 0.25) is 10.0 Å². The van der Waals surface area contributed by atoms with E-state index in [1.54, 1.807) is 4.31 Å². The maximum Gasteiger partial charge on any atom is 0.224 e. The van der Waals surface area contributed by atoms with Crippen molar-refractivity contribution >= 4 is 26.0 Å². The van der Waals surface area contributed by atoms with E-state index in [1.807, 2.05) is 0 Å². The second-order valence-electron chi connectivity index (χ2n) is 3.91. The van der Waals surface area contributed by atoms with Gasteiger partial charge in [0.15, 0.2) is 0 Å². The van der Waals surface area contributed by atoms with Gasteiger partial charge < -0.3 is 0 Å². The molecule has 0 bridgehead atoms. The zero-order valence-corrected chi connectivity index (χ0v) is 11.7. The van der Waals surface area contributed by atoms with Gasteiger partial charge >= 0.3 is 0 Å². The zero-order chi connectivity index (χ0) is 11.5. The first kappa shape index (κ1) is 13.4. The third-order valence-electron chi connectivity index (χ3n) is 3.02. The van der Waals surface area contributed by atoms with Crippen molar-refractivity contribution in [3.8, 4) is 0 Å². The van der Waals surface area contributed by atoms with Crippen LogP contribution in [0.2, 0.25) is 0 Å². The van der Waals surface area contributed by atoms with Gasteiger partial charge in [0, 0.05) is 32.2 Å². The predicted octanol–water partition coefficient (Wildman–Crippen LogP) is 1.08. The number of halogens is 1. The van der Waals surface area contributed by atoms with Crippen LogP contribution in [0.3, 0.4) is 0 Å². The monoisotopic (exact) mass is 298 g/mol. The minimum Gasteiger partial charge on any atom is -0.298 e. The largest absolute Gasteiger partial charge is 0.298 e. The second kappa shape index (κ2) is 5.61. The number of sulfonamides is 1. The van der Waals surface area contributed by atoms with Crippen molar-refractivity contribution in [1.29, 1.82) is 0 Å². The molecule has 6 heteroatoms. The first-order valence-corrected chi connectivity index (χ1v) is 8.02. The van der Waals surface area contributed by atoms with Crippen LogP contribution in [0.5, 0.6) is 0 Å². The first-order chi connectivity index (χ1) is 7.01. The van der Waals surface area contributed by atoms with Crippen LogP contribution in [-0.2, 0) is 10.0 Å². The van der Waals surface area contributed by atoms with Gasteiger partial charge in [-0.05, 0) is 13.3 Å². The van der Waals surface area contributed by atoms with Crippen molar-refractivity contribution < 1.29 is 8.42 Å². The zero-order valence-electron chi connectivity index (χ0n) is 9.32. The summed E-state index contributed by atoms with van der Waals surface area (Å²) in [5.74, 6) is 0. The highest BCUT2D eigenvalue weighted by Gasteiger charge is 2.27. The molecule has 0 radical (unpaired) electrons. The van der Waals surface area contributed by atoms with E-state index in [0.717, 1.165) is 19.5 Å². The molecule has 0 spiro atoms. The molecule has 0 aromatic heterocycles. The van der Waals surface area contributed by atoms with Crippen LogP contribution in [0.1, 0.15) is 20.3 Å². The van der Waals surface area contributed by atoms with E-state index in [2.05, 4.69) is 34.7 Å². The molecular weight excluding hydrogens is 280 g/mol. The fourth-order valence-electron chi connectivity index (χ4n) is 1.75. The summed E-state index contributed by atoms with van der Waals surface area (Å²) in [4.78, 5) is 2.35. The molecule has 1 rings (SSSR count). The van der Waals surface area contributed by atoms with Gasteiger partial charge in [0.25, 0.3) is 0 Å². The predicted molar refractivity (Wildman–Crippen MR) is 65.6 cm³/mol. The van der Waals surface area contributed by atoms with Crippen LogP contribution in [0.25, 0.3) is 0 Å². The van der Waals surface area contributed by atoms with E-state index in [9.17, 15) is 8.42 Å². The topological polar surface area (TPSA) is 40.6 Å². The molecule has 0 N–H and O–H groups in total. The lowest BCUT2D eigenvalue weighted by Gasteiger charge is -2.36. The highest BCUT2D eigenvalue weighted by molar-refractivity contribution is 9.10. The van der Waals surface area contributed by atoms with Crippen molar-refractivity contribution in [2.45, 2.75) is 26.3 Å². The molecule has 4 nitrogen and oxygen atoms in total. The number of hydrogen-bond donors (Lipinski definition) is 0. The molecule has 0 amide bonds. The maximum absolute atomic E-state index is 11.6. The average molecular weight is 299 g/mol. The Labute approximate surface area is 101 Å². The van der Waals surface area contributed by atoms with Crippen LogP contribution in [0, 0.1) is 0 Å². The molecule has 1 atom stereocenters. The molecule has 0 aromatic carbocycles. The van der Waals surface area contributed by atoms with E-state index in [0.29, 0.717) is 19.1 Å². The summed E-state index contributed by atoms with van der Waals surface area (Å²) in [5, 5.41) is 0. The van der Waals surface area contributed by atoms with Gasteiger partial charge in [0.05, 0.1) is 0 Å². The number of rotatable bonds is 4. The van der Waals surface area contributed by atoms with Gasteiger partial charge in [-0.25, -0.2) is 8.42 Å². The van der Waals surface area contributed by atoms with Crippen LogP contribution < -0.4 is 0 Å². The normalized spacial score (nSPS) is 22.9. The molecule has 90 valence electrons. The number of alkyl halides is 1. The molecule has 0 aromatic rings. The van der Waals surface area contributed by atoms with E-state index >= 15 is 0 Å². The van der Waals surface area contributed by atoms with Gasteiger partial charge in [-0.3, -0.25) is 4.90 Å². The number of nitrogens with zero attached hydrogens (tertiary/aromatic N) is 2. The van der Waals surface area contributed by atoms with E-state index in [-0.39, 0.29) is 4.66 Å². The highest BCUT2D eigenvalue weighted by Crippen LogP contribution is 2.13. The molecule has 1 aliphatic rings. The summed E-state index contributed by atoms with van der Waals surface area (Å²) in [6.07, 6.45) is 1.12. The Balaban J connectivity index is 2.49. The molecule has 1 heterocycles. The van der Waals surface area contributed by atoms with Crippen molar-refractivity contribution in [3.63, 3.8) is 0 Å². The summed E-state index contributed by atoms with van der Waals surface area (Å²) in [7, 11) is -3.05. The third kappa shape index (κ3) is 3.41. The first-order valence-electron chi connectivity index (χ1n) is 5.29. The molecule has 0 saturated carbocycles. The number of hydrogen-bond acceptors (Lipinski definition) is 3. The second-order valence-corrected chi connectivity index (χ2v) is 7.19. The Hall–Kier alpha value is 0.350. The van der Waals surface area contributed by atoms with Crippen LogP contribution in [0.15, 0.2) is 0 Å². The summed E-state index contributed by atoms with van der Waals surface area (Å²) < 4.78 is 24.7. The Morgan fingerprint density at radius 1 is 1.27 bits per heavy atom. The highest BCUT2D eigenvalue weighted by atomic mass is 79.9. The Morgan fingerprint density at radius 2 is 1.80 bits per heavy atom. The van der Waals surface area contributed by atoms with Crippen molar-refractivity contribution in [1.82, 2.24) is 9.21 Å². The van der Waals surface area contributed by atoms with Crippen LogP contribution in [-0.4, -0.2) is 54.5 Å². The molecule has 1 aliphatic heterocycles. The molecular formula is C9H19BrN2O2S. The lowest BCUT2D eigenvalue weighted by atomic mass is 10.2. The molecule has 1 fully saturated rings. The van der Waals surface area contributed by atoms with Gasteiger partial charge in [-0.2, -0.15) is 4.31 Å². The Bertz CT molecular complexity index is 286. The minimum atomic E-state index is -3.05. The van der Waals surface area contributed by atoms with E-state index < -0.39 is 10.0 Å². The molecule has 0 aliphatic carbocycles. The average Bonchev–Trinajstić information content (AvgIpc) is 2.28. The standard InChI is InChI=1S/C9H19BrN2O2S/c1-3-9(2)11-4-6-12(7-5-11)15(13,14)8-10/h9H,3-8H2,1-2H3. The van der Waals surface area contributed by atoms with Crippen molar-refractivity contribution in [2.24, 2.45) is 0 Å². The quantitative estimate of drug-likeness (QED) is 0.730. The maximum atomic E-state index is 11.6. The summed E-state index contributed by atoms with van der Waals surface area (Å²) >= 11 is 3.02. The molecule has 1 saturated heterocycles. The lowest BCUT2D eigenvalue weighted by molar-refractivity contribution is 0.143. The lowest BCUT2D eigenvalue weighted by Crippen LogP contribution is -2.51. The van der Waals surface area contributed by atoms with E-state index in [1.165, 1.54) is 0 Å². The molecule has 1 unspecified atom stereocenters. The summed E-state index contributed by atoms with van der Waals surface area (Å²) in [5.41, 5.74) is 0. The van der Waals surface area contributed by atoms with Crippen molar-refractivity contribution in [2.75, 3.05) is 30.8 Å². The minimum absolute atomic E-state index is 0.0311. The Morgan fingerprint density at radius 3 is 2.20 bits per heavy atom. The Kier molecular flexibility index (Phi) is 5.02. The van der Waals surface area contributed by atoms with Crippen LogP contribution in [0.4, 0.5) is 0 Å². The smallest absolute Gasteiger partial charge is 0.224 e. The van der Waals surface area contributed by atoms with Crippen molar-refractivity contribution in [3.05, 3.63) is 0 Å². The SMILES string of the molecule is CCC(C)N1CCN(S(=O)(=O)CBr)CC1. The van der Waals surface area contributed by atoms with Gasteiger partial charge in [-0.1, -0.05) is 22.9 Å². The van der Waals surface area contributed by atoms with Gasteiger partial charge in [0.1, 0.15) is 4.66 Å². The fraction of sp³-hybridized carbons (Fsp3) is 1.00. The number of piperazine rings is 1. The van der Waals surface area contributed by atoms with Gasteiger partial charge in [-0.15, -0.1) is 0 Å². The van der Waals surface area contributed by atoms with Crippen LogP contribution >= 0.6 is 15.9 Å². The van der Waals surface area contributed by atoms with E-state index in [4.69, 9.17) is 0 Å². The fourth-order valence-corrected chi connectivity index (χ4v) is 3.48. The summed E-state index contributed by atoms with van der Waals surface area (Å²) in [6, 6.07) is 0.554. The molecule has 15 heavy (non-hydrogen) atoms. The third-order valence-corrected chi connectivity index (χ3v) is 6.18. The summed E-state index contributed by atoms with van der Waals surface area (Å²) in [6.45, 7) is 7.29.